The number of nitrogens with two attached hydrogens (primary N) is 1. The van der Waals surface area contributed by atoms with Crippen LogP contribution >= 0.6 is 15.9 Å². The van der Waals surface area contributed by atoms with Crippen LogP contribution in [0.4, 0.5) is 4.39 Å². The van der Waals surface area contributed by atoms with Crippen LogP contribution in [0.1, 0.15) is 18.6 Å². The minimum Gasteiger partial charge on any atom is -0.484 e. The van der Waals surface area contributed by atoms with E-state index in [0.29, 0.717) is 5.75 Å². The van der Waals surface area contributed by atoms with E-state index in [9.17, 15) is 4.39 Å². The van der Waals surface area contributed by atoms with Gasteiger partial charge in [0.15, 0.2) is 0 Å². The number of hydrogen-bond donors (Lipinski definition) is 1. The summed E-state index contributed by atoms with van der Waals surface area (Å²) in [6, 6.07) is 13.5. The van der Waals surface area contributed by atoms with E-state index in [1.807, 2.05) is 31.2 Å². The second-order valence-corrected chi connectivity index (χ2v) is 5.23. The van der Waals surface area contributed by atoms with Gasteiger partial charge in [-0.1, -0.05) is 34.1 Å². The van der Waals surface area contributed by atoms with Gasteiger partial charge >= 0.3 is 0 Å². The minimum absolute atomic E-state index is 0.191. The lowest BCUT2D eigenvalue weighted by molar-refractivity contribution is 0.179. The number of ether oxygens (including phenoxy) is 1. The Bertz CT molecular complexity index is 542. The first-order valence-corrected chi connectivity index (χ1v) is 6.79. The van der Waals surface area contributed by atoms with Gasteiger partial charge in [0.1, 0.15) is 17.7 Å². The topological polar surface area (TPSA) is 35.2 Å². The van der Waals surface area contributed by atoms with Crippen molar-refractivity contribution >= 4 is 15.9 Å². The molecule has 0 spiro atoms. The van der Waals surface area contributed by atoms with E-state index in [1.165, 1.54) is 12.1 Å². The number of benzene rings is 2. The van der Waals surface area contributed by atoms with Crippen LogP contribution in [0.2, 0.25) is 0 Å². The Kier molecular flexibility index (Phi) is 4.56. The van der Waals surface area contributed by atoms with E-state index in [2.05, 4.69) is 15.9 Å². The predicted molar refractivity (Wildman–Crippen MR) is 77.6 cm³/mol. The van der Waals surface area contributed by atoms with E-state index < -0.39 is 0 Å². The van der Waals surface area contributed by atoms with Crippen LogP contribution < -0.4 is 10.5 Å². The summed E-state index contributed by atoms with van der Waals surface area (Å²) in [5, 5.41) is 0. The van der Waals surface area contributed by atoms with Gasteiger partial charge in [-0.2, -0.15) is 0 Å². The summed E-state index contributed by atoms with van der Waals surface area (Å²) in [5.74, 6) is 0.310. The van der Waals surface area contributed by atoms with Crippen LogP contribution in [0, 0.1) is 5.82 Å². The Morgan fingerprint density at radius 2 is 1.74 bits per heavy atom. The Hall–Kier alpha value is -1.39. The fourth-order valence-electron chi connectivity index (χ4n) is 1.82. The number of rotatable bonds is 4. The molecule has 0 aliphatic heterocycles. The Morgan fingerprint density at radius 3 is 2.32 bits per heavy atom. The van der Waals surface area contributed by atoms with Gasteiger partial charge in [-0.05, 0) is 37.3 Å². The summed E-state index contributed by atoms with van der Waals surface area (Å²) in [6.07, 6.45) is -0.291. The van der Waals surface area contributed by atoms with Crippen molar-refractivity contribution in [3.05, 3.63) is 64.4 Å². The van der Waals surface area contributed by atoms with Crippen LogP contribution in [0.15, 0.2) is 53.0 Å². The van der Waals surface area contributed by atoms with Gasteiger partial charge in [-0.25, -0.2) is 4.39 Å². The summed E-state index contributed by atoms with van der Waals surface area (Å²) in [4.78, 5) is 0. The summed E-state index contributed by atoms with van der Waals surface area (Å²) < 4.78 is 19.7. The van der Waals surface area contributed by atoms with Crippen molar-refractivity contribution in [3.63, 3.8) is 0 Å². The molecule has 2 atom stereocenters. The second-order valence-electron chi connectivity index (χ2n) is 4.37. The van der Waals surface area contributed by atoms with Crippen molar-refractivity contribution in [2.75, 3.05) is 0 Å². The van der Waals surface area contributed by atoms with Crippen LogP contribution in [0.5, 0.6) is 5.75 Å². The lowest BCUT2D eigenvalue weighted by Crippen LogP contribution is -2.29. The molecule has 0 amide bonds. The van der Waals surface area contributed by atoms with Crippen LogP contribution in [-0.2, 0) is 0 Å². The van der Waals surface area contributed by atoms with Crippen molar-refractivity contribution in [3.8, 4) is 5.75 Å². The van der Waals surface area contributed by atoms with E-state index >= 15 is 0 Å². The molecule has 4 heteroatoms. The third-order valence-corrected chi connectivity index (χ3v) is 3.49. The molecular weight excluding hydrogens is 309 g/mol. The lowest BCUT2D eigenvalue weighted by Gasteiger charge is -2.24. The molecule has 0 aliphatic carbocycles. The summed E-state index contributed by atoms with van der Waals surface area (Å²) >= 11 is 3.49. The highest BCUT2D eigenvalue weighted by Gasteiger charge is 2.20. The van der Waals surface area contributed by atoms with E-state index in [0.717, 1.165) is 10.0 Å². The number of halogens is 2. The van der Waals surface area contributed by atoms with Gasteiger partial charge in [0.25, 0.3) is 0 Å². The van der Waals surface area contributed by atoms with Crippen molar-refractivity contribution in [2.45, 2.75) is 19.1 Å². The van der Waals surface area contributed by atoms with Gasteiger partial charge in [0.05, 0.1) is 0 Å². The molecule has 0 saturated carbocycles. The zero-order valence-corrected chi connectivity index (χ0v) is 12.1. The third kappa shape index (κ3) is 3.55. The van der Waals surface area contributed by atoms with E-state index in [1.54, 1.807) is 12.1 Å². The molecule has 100 valence electrons. The second kappa shape index (κ2) is 6.17. The smallest absolute Gasteiger partial charge is 0.140 e. The van der Waals surface area contributed by atoms with Crippen LogP contribution in [-0.4, -0.2) is 6.04 Å². The highest BCUT2D eigenvalue weighted by atomic mass is 79.9. The van der Waals surface area contributed by atoms with E-state index in [-0.39, 0.29) is 18.0 Å². The van der Waals surface area contributed by atoms with Gasteiger partial charge in [-0.3, -0.25) is 0 Å². The highest BCUT2D eigenvalue weighted by Crippen LogP contribution is 2.29. The summed E-state index contributed by atoms with van der Waals surface area (Å²) in [5.41, 5.74) is 6.97. The van der Waals surface area contributed by atoms with Gasteiger partial charge < -0.3 is 10.5 Å². The highest BCUT2D eigenvalue weighted by molar-refractivity contribution is 9.10. The fraction of sp³-hybridized carbons (Fsp3) is 0.200. The van der Waals surface area contributed by atoms with Crippen molar-refractivity contribution in [1.82, 2.24) is 0 Å². The largest absolute Gasteiger partial charge is 0.484 e. The van der Waals surface area contributed by atoms with Crippen molar-refractivity contribution in [1.29, 1.82) is 0 Å². The molecular formula is C15H15BrFNO. The monoisotopic (exact) mass is 323 g/mol. The molecule has 2 unspecified atom stereocenters. The molecule has 0 aromatic heterocycles. The fourth-order valence-corrected chi connectivity index (χ4v) is 2.33. The van der Waals surface area contributed by atoms with Gasteiger partial charge in [0.2, 0.25) is 0 Å². The Balaban J connectivity index is 2.27. The lowest BCUT2D eigenvalue weighted by atomic mass is 10.0. The molecule has 0 aliphatic rings. The van der Waals surface area contributed by atoms with Crippen LogP contribution in [0.25, 0.3) is 0 Å². The molecule has 19 heavy (non-hydrogen) atoms. The Morgan fingerprint density at radius 1 is 1.11 bits per heavy atom. The molecule has 0 bridgehead atoms. The predicted octanol–water partition coefficient (Wildman–Crippen LogP) is 4.06. The third-order valence-electron chi connectivity index (χ3n) is 2.77. The first-order chi connectivity index (χ1) is 9.08. The molecule has 0 fully saturated rings. The average molecular weight is 324 g/mol. The van der Waals surface area contributed by atoms with Gasteiger partial charge in [-0.15, -0.1) is 0 Å². The maximum atomic E-state index is 12.9. The zero-order chi connectivity index (χ0) is 13.8. The molecule has 2 N–H and O–H groups in total. The van der Waals surface area contributed by atoms with Crippen molar-refractivity contribution in [2.24, 2.45) is 5.73 Å². The maximum absolute atomic E-state index is 12.9. The molecule has 0 heterocycles. The Labute approximate surface area is 120 Å². The summed E-state index contributed by atoms with van der Waals surface area (Å²) in [7, 11) is 0. The quantitative estimate of drug-likeness (QED) is 0.921. The van der Waals surface area contributed by atoms with Crippen molar-refractivity contribution < 1.29 is 9.13 Å². The number of hydrogen-bond acceptors (Lipinski definition) is 2. The first kappa shape index (κ1) is 14.0. The molecule has 2 aromatic rings. The molecule has 0 saturated heterocycles. The van der Waals surface area contributed by atoms with Gasteiger partial charge in [0, 0.05) is 16.1 Å². The normalized spacial score (nSPS) is 13.9. The molecule has 2 rings (SSSR count). The molecule has 0 radical (unpaired) electrons. The molecule has 2 aromatic carbocycles. The maximum Gasteiger partial charge on any atom is 0.140 e. The average Bonchev–Trinajstić information content (AvgIpc) is 2.39. The zero-order valence-electron chi connectivity index (χ0n) is 10.5. The first-order valence-electron chi connectivity index (χ1n) is 6.00. The summed E-state index contributed by atoms with van der Waals surface area (Å²) in [6.45, 7) is 1.88. The molecule has 2 nitrogen and oxygen atoms in total. The minimum atomic E-state index is -0.291. The standard InChI is InChI=1S/C15H15BrFNO/c1-10(18)15(13-4-2-3-5-14(13)16)19-12-8-6-11(17)7-9-12/h2-10,15H,18H2,1H3. The SMILES string of the molecule is CC(N)C(Oc1ccc(F)cc1)c1ccccc1Br. The van der Waals surface area contributed by atoms with Crippen LogP contribution in [0.3, 0.4) is 0 Å². The van der Waals surface area contributed by atoms with E-state index in [4.69, 9.17) is 10.5 Å².